The summed E-state index contributed by atoms with van der Waals surface area (Å²) in [5, 5.41) is 0. The van der Waals surface area contributed by atoms with Crippen LogP contribution in [0.15, 0.2) is 42.5 Å². The third-order valence-corrected chi connectivity index (χ3v) is 3.90. The standard InChI is InChI=1S/C17H18O/c1-17(2)11-12-6-4-5-7-14(12)15-9-8-13(18-3)10-16(15)17/h4-10H,11H2,1-3H3. The van der Waals surface area contributed by atoms with Crippen molar-refractivity contribution in [2.45, 2.75) is 25.7 Å². The molecular formula is C17H18O. The fraction of sp³-hybridized carbons (Fsp3) is 0.294. The van der Waals surface area contributed by atoms with Crippen molar-refractivity contribution in [2.24, 2.45) is 0 Å². The van der Waals surface area contributed by atoms with E-state index in [1.807, 2.05) is 0 Å². The predicted octanol–water partition coefficient (Wildman–Crippen LogP) is 4.20. The van der Waals surface area contributed by atoms with E-state index >= 15 is 0 Å². The van der Waals surface area contributed by atoms with E-state index in [0.717, 1.165) is 12.2 Å². The van der Waals surface area contributed by atoms with Gasteiger partial charge in [-0.1, -0.05) is 44.2 Å². The summed E-state index contributed by atoms with van der Waals surface area (Å²) in [5.41, 5.74) is 5.72. The Kier molecular flexibility index (Phi) is 2.44. The van der Waals surface area contributed by atoms with E-state index in [1.54, 1.807) is 7.11 Å². The maximum absolute atomic E-state index is 5.36. The Balaban J connectivity index is 2.28. The van der Waals surface area contributed by atoms with Crippen LogP contribution in [0.5, 0.6) is 5.75 Å². The lowest BCUT2D eigenvalue weighted by molar-refractivity contribution is 0.411. The van der Waals surface area contributed by atoms with Crippen LogP contribution in [0, 0.1) is 0 Å². The first-order valence-corrected chi connectivity index (χ1v) is 6.38. The van der Waals surface area contributed by atoms with Gasteiger partial charge in [0.25, 0.3) is 0 Å². The summed E-state index contributed by atoms with van der Waals surface area (Å²) in [6.07, 6.45) is 1.09. The van der Waals surface area contributed by atoms with E-state index in [9.17, 15) is 0 Å². The van der Waals surface area contributed by atoms with Crippen LogP contribution in [0.1, 0.15) is 25.0 Å². The molecule has 1 aliphatic rings. The van der Waals surface area contributed by atoms with Gasteiger partial charge in [-0.15, -0.1) is 0 Å². The monoisotopic (exact) mass is 238 g/mol. The molecule has 0 N–H and O–H groups in total. The van der Waals surface area contributed by atoms with Crippen molar-refractivity contribution in [3.8, 4) is 16.9 Å². The first-order chi connectivity index (χ1) is 8.62. The molecular weight excluding hydrogens is 220 g/mol. The van der Waals surface area contributed by atoms with Crippen molar-refractivity contribution < 1.29 is 4.74 Å². The van der Waals surface area contributed by atoms with Gasteiger partial charge in [-0.25, -0.2) is 0 Å². The van der Waals surface area contributed by atoms with E-state index in [0.29, 0.717) is 0 Å². The number of rotatable bonds is 1. The summed E-state index contributed by atoms with van der Waals surface area (Å²) in [4.78, 5) is 0. The molecule has 0 bridgehead atoms. The minimum atomic E-state index is 0.165. The highest BCUT2D eigenvalue weighted by Gasteiger charge is 2.30. The molecule has 1 heteroatoms. The molecule has 1 aliphatic carbocycles. The van der Waals surface area contributed by atoms with Crippen LogP contribution in [0.2, 0.25) is 0 Å². The number of benzene rings is 2. The molecule has 3 rings (SSSR count). The van der Waals surface area contributed by atoms with Crippen molar-refractivity contribution in [3.05, 3.63) is 53.6 Å². The molecule has 0 saturated heterocycles. The van der Waals surface area contributed by atoms with Crippen molar-refractivity contribution in [2.75, 3.05) is 7.11 Å². The smallest absolute Gasteiger partial charge is 0.119 e. The Bertz CT molecular complexity index is 596. The summed E-state index contributed by atoms with van der Waals surface area (Å²) in [7, 11) is 1.73. The van der Waals surface area contributed by atoms with Crippen LogP contribution >= 0.6 is 0 Å². The zero-order chi connectivity index (χ0) is 12.8. The molecule has 0 fully saturated rings. The highest BCUT2D eigenvalue weighted by molar-refractivity contribution is 5.75. The van der Waals surface area contributed by atoms with E-state index in [2.05, 4.69) is 56.3 Å². The molecule has 2 aromatic rings. The van der Waals surface area contributed by atoms with Gasteiger partial charge in [0.1, 0.15) is 5.75 Å². The first-order valence-electron chi connectivity index (χ1n) is 6.38. The fourth-order valence-electron chi connectivity index (χ4n) is 2.95. The minimum absolute atomic E-state index is 0.165. The summed E-state index contributed by atoms with van der Waals surface area (Å²) in [5.74, 6) is 0.946. The van der Waals surface area contributed by atoms with Crippen LogP contribution in [-0.4, -0.2) is 7.11 Å². The molecule has 0 aromatic heterocycles. The van der Waals surface area contributed by atoms with Gasteiger partial charge in [0, 0.05) is 0 Å². The number of hydrogen-bond acceptors (Lipinski definition) is 1. The third kappa shape index (κ3) is 1.62. The third-order valence-electron chi connectivity index (χ3n) is 3.90. The Hall–Kier alpha value is -1.76. The summed E-state index contributed by atoms with van der Waals surface area (Å²) in [6.45, 7) is 4.61. The van der Waals surface area contributed by atoms with Gasteiger partial charge in [-0.3, -0.25) is 0 Å². The summed E-state index contributed by atoms with van der Waals surface area (Å²) in [6, 6.07) is 15.1. The van der Waals surface area contributed by atoms with Crippen molar-refractivity contribution >= 4 is 0 Å². The fourth-order valence-corrected chi connectivity index (χ4v) is 2.95. The topological polar surface area (TPSA) is 9.23 Å². The van der Waals surface area contributed by atoms with Crippen LogP contribution in [0.25, 0.3) is 11.1 Å². The molecule has 2 aromatic carbocycles. The van der Waals surface area contributed by atoms with Gasteiger partial charge in [-0.05, 0) is 46.2 Å². The average molecular weight is 238 g/mol. The van der Waals surface area contributed by atoms with Gasteiger partial charge < -0.3 is 4.74 Å². The Morgan fingerprint density at radius 3 is 2.56 bits per heavy atom. The SMILES string of the molecule is COc1ccc2c(c1)C(C)(C)Cc1ccccc1-2. The lowest BCUT2D eigenvalue weighted by Gasteiger charge is -2.34. The second-order valence-corrected chi connectivity index (χ2v) is 5.63. The normalized spacial score (nSPS) is 15.7. The number of hydrogen-bond donors (Lipinski definition) is 0. The molecule has 0 heterocycles. The van der Waals surface area contributed by atoms with Gasteiger partial charge in [0.15, 0.2) is 0 Å². The maximum atomic E-state index is 5.36. The highest BCUT2D eigenvalue weighted by Crippen LogP contribution is 2.44. The van der Waals surface area contributed by atoms with E-state index in [4.69, 9.17) is 4.74 Å². The maximum Gasteiger partial charge on any atom is 0.119 e. The van der Waals surface area contributed by atoms with Crippen LogP contribution in [0.4, 0.5) is 0 Å². The minimum Gasteiger partial charge on any atom is -0.497 e. The molecule has 0 unspecified atom stereocenters. The number of ether oxygens (including phenoxy) is 1. The second-order valence-electron chi connectivity index (χ2n) is 5.63. The molecule has 0 atom stereocenters. The largest absolute Gasteiger partial charge is 0.497 e. The van der Waals surface area contributed by atoms with Gasteiger partial charge in [0.2, 0.25) is 0 Å². The van der Waals surface area contributed by atoms with Crippen LogP contribution in [0.3, 0.4) is 0 Å². The number of methoxy groups -OCH3 is 1. The van der Waals surface area contributed by atoms with Crippen molar-refractivity contribution in [3.63, 3.8) is 0 Å². The van der Waals surface area contributed by atoms with Crippen LogP contribution in [-0.2, 0) is 11.8 Å². The molecule has 92 valence electrons. The zero-order valence-corrected chi connectivity index (χ0v) is 11.2. The average Bonchev–Trinajstić information content (AvgIpc) is 2.38. The Labute approximate surface area is 108 Å². The lowest BCUT2D eigenvalue weighted by Crippen LogP contribution is -2.25. The van der Waals surface area contributed by atoms with Gasteiger partial charge >= 0.3 is 0 Å². The first kappa shape index (κ1) is 11.3. The second kappa shape index (κ2) is 3.88. The molecule has 0 aliphatic heterocycles. The molecule has 0 spiro atoms. The zero-order valence-electron chi connectivity index (χ0n) is 11.2. The van der Waals surface area contributed by atoms with E-state index < -0.39 is 0 Å². The van der Waals surface area contributed by atoms with Gasteiger partial charge in [0.05, 0.1) is 7.11 Å². The van der Waals surface area contributed by atoms with Crippen LogP contribution < -0.4 is 4.74 Å². The lowest BCUT2D eigenvalue weighted by atomic mass is 9.70. The van der Waals surface area contributed by atoms with Gasteiger partial charge in [-0.2, -0.15) is 0 Å². The predicted molar refractivity (Wildman–Crippen MR) is 75.2 cm³/mol. The molecule has 1 nitrogen and oxygen atoms in total. The molecule has 0 amide bonds. The van der Waals surface area contributed by atoms with E-state index in [-0.39, 0.29) is 5.41 Å². The quantitative estimate of drug-likeness (QED) is 0.723. The summed E-state index contributed by atoms with van der Waals surface area (Å²) >= 11 is 0. The molecule has 18 heavy (non-hydrogen) atoms. The highest BCUT2D eigenvalue weighted by atomic mass is 16.5. The molecule has 0 saturated carbocycles. The van der Waals surface area contributed by atoms with Crippen molar-refractivity contribution in [1.29, 1.82) is 0 Å². The number of fused-ring (bicyclic) bond motifs is 3. The Morgan fingerprint density at radius 1 is 1.00 bits per heavy atom. The Morgan fingerprint density at radius 2 is 1.78 bits per heavy atom. The van der Waals surface area contributed by atoms with E-state index in [1.165, 1.54) is 22.3 Å². The van der Waals surface area contributed by atoms with Crippen molar-refractivity contribution in [1.82, 2.24) is 0 Å². The molecule has 0 radical (unpaired) electrons. The summed E-state index contributed by atoms with van der Waals surface area (Å²) < 4.78 is 5.36.